The van der Waals surface area contributed by atoms with E-state index >= 15 is 0 Å². The molecule has 0 saturated heterocycles. The summed E-state index contributed by atoms with van der Waals surface area (Å²) in [5, 5.41) is 6.70. The normalized spacial score (nSPS) is 10.7. The van der Waals surface area contributed by atoms with Crippen LogP contribution in [0, 0.1) is 16.4 Å². The van der Waals surface area contributed by atoms with Crippen LogP contribution in [0.15, 0.2) is 48.5 Å². The second-order valence-corrected chi connectivity index (χ2v) is 4.51. The van der Waals surface area contributed by atoms with Crippen molar-refractivity contribution in [2.24, 2.45) is 0 Å². The SMILES string of the molecule is Fc1cccc(-n2c(-c3ccccc3)n[nH]c2=S)c1F. The number of rotatable bonds is 2. The Labute approximate surface area is 118 Å². The number of halogens is 2. The molecule has 3 nitrogen and oxygen atoms in total. The minimum Gasteiger partial charge on any atom is -0.265 e. The Bertz CT molecular complexity index is 809. The van der Waals surface area contributed by atoms with Crippen LogP contribution in [0.25, 0.3) is 17.1 Å². The van der Waals surface area contributed by atoms with Gasteiger partial charge in [0.2, 0.25) is 0 Å². The van der Waals surface area contributed by atoms with Gasteiger partial charge in [-0.3, -0.25) is 9.67 Å². The van der Waals surface area contributed by atoms with Gasteiger partial charge in [-0.25, -0.2) is 8.78 Å². The molecule has 1 N–H and O–H groups in total. The van der Waals surface area contributed by atoms with Gasteiger partial charge in [0.05, 0.1) is 5.69 Å². The number of aromatic nitrogens is 3. The zero-order valence-corrected chi connectivity index (χ0v) is 11.0. The molecule has 0 atom stereocenters. The third kappa shape index (κ3) is 2.04. The number of H-pyrrole nitrogens is 1. The summed E-state index contributed by atoms with van der Waals surface area (Å²) in [6, 6.07) is 13.1. The smallest absolute Gasteiger partial charge is 0.200 e. The van der Waals surface area contributed by atoms with Gasteiger partial charge in [0, 0.05) is 5.56 Å². The van der Waals surface area contributed by atoms with Crippen LogP contribution in [-0.4, -0.2) is 14.8 Å². The van der Waals surface area contributed by atoms with E-state index in [1.54, 1.807) is 0 Å². The zero-order chi connectivity index (χ0) is 14.1. The number of benzene rings is 2. The van der Waals surface area contributed by atoms with E-state index in [-0.39, 0.29) is 10.5 Å². The van der Waals surface area contributed by atoms with E-state index in [0.29, 0.717) is 5.82 Å². The van der Waals surface area contributed by atoms with Gasteiger partial charge in [0.25, 0.3) is 0 Å². The molecule has 0 spiro atoms. The van der Waals surface area contributed by atoms with E-state index in [1.807, 2.05) is 30.3 Å². The summed E-state index contributed by atoms with van der Waals surface area (Å²) in [5.74, 6) is -1.45. The summed E-state index contributed by atoms with van der Waals surface area (Å²) in [7, 11) is 0. The quantitative estimate of drug-likeness (QED) is 0.726. The fourth-order valence-electron chi connectivity index (χ4n) is 1.97. The Morgan fingerprint density at radius 2 is 1.75 bits per heavy atom. The zero-order valence-electron chi connectivity index (χ0n) is 10.2. The molecule has 0 aliphatic carbocycles. The topological polar surface area (TPSA) is 33.6 Å². The lowest BCUT2D eigenvalue weighted by Gasteiger charge is -2.08. The van der Waals surface area contributed by atoms with Crippen LogP contribution >= 0.6 is 12.2 Å². The van der Waals surface area contributed by atoms with Gasteiger partial charge in [-0.15, -0.1) is 0 Å². The predicted octanol–water partition coefficient (Wildman–Crippen LogP) is 3.88. The van der Waals surface area contributed by atoms with Crippen LogP contribution in [0.2, 0.25) is 0 Å². The summed E-state index contributed by atoms with van der Waals surface area (Å²) < 4.78 is 28.9. The molecule has 0 amide bonds. The number of nitrogens with zero attached hydrogens (tertiary/aromatic N) is 2. The van der Waals surface area contributed by atoms with E-state index in [1.165, 1.54) is 16.7 Å². The highest BCUT2D eigenvalue weighted by Crippen LogP contribution is 2.23. The maximum Gasteiger partial charge on any atom is 0.200 e. The van der Waals surface area contributed by atoms with Crippen molar-refractivity contribution in [1.29, 1.82) is 0 Å². The molecule has 0 unspecified atom stereocenters. The third-order valence-corrected chi connectivity index (χ3v) is 3.15. The lowest BCUT2D eigenvalue weighted by molar-refractivity contribution is 0.504. The summed E-state index contributed by atoms with van der Waals surface area (Å²) in [6.07, 6.45) is 0. The minimum atomic E-state index is -0.956. The number of hydrogen-bond acceptors (Lipinski definition) is 2. The van der Waals surface area contributed by atoms with Crippen molar-refractivity contribution in [3.8, 4) is 17.1 Å². The molecule has 100 valence electrons. The second kappa shape index (κ2) is 4.97. The number of nitrogens with one attached hydrogen (secondary N) is 1. The fourth-order valence-corrected chi connectivity index (χ4v) is 2.20. The average molecular weight is 289 g/mol. The summed E-state index contributed by atoms with van der Waals surface area (Å²) in [4.78, 5) is 0. The van der Waals surface area contributed by atoms with Gasteiger partial charge in [-0.2, -0.15) is 5.10 Å². The molecular weight excluding hydrogens is 280 g/mol. The Hall–Kier alpha value is -2.34. The van der Waals surface area contributed by atoms with Gasteiger partial charge in [0.15, 0.2) is 22.2 Å². The van der Waals surface area contributed by atoms with Gasteiger partial charge in [-0.05, 0) is 24.4 Å². The van der Waals surface area contributed by atoms with Gasteiger partial charge < -0.3 is 0 Å². The molecule has 0 saturated carbocycles. The number of aromatic amines is 1. The molecule has 0 bridgehead atoms. The first-order valence-electron chi connectivity index (χ1n) is 5.85. The third-order valence-electron chi connectivity index (χ3n) is 2.88. The monoisotopic (exact) mass is 289 g/mol. The van der Waals surface area contributed by atoms with Crippen LogP contribution in [0.3, 0.4) is 0 Å². The Kier molecular flexibility index (Phi) is 3.15. The van der Waals surface area contributed by atoms with Crippen molar-refractivity contribution in [1.82, 2.24) is 14.8 Å². The molecule has 0 aliphatic rings. The first-order valence-corrected chi connectivity index (χ1v) is 6.26. The maximum atomic E-state index is 14.0. The Balaban J connectivity index is 2.28. The van der Waals surface area contributed by atoms with E-state index in [0.717, 1.165) is 11.6 Å². The van der Waals surface area contributed by atoms with Gasteiger partial charge in [0.1, 0.15) is 0 Å². The largest absolute Gasteiger partial charge is 0.265 e. The van der Waals surface area contributed by atoms with Crippen LogP contribution in [0.4, 0.5) is 8.78 Å². The van der Waals surface area contributed by atoms with Crippen LogP contribution in [0.1, 0.15) is 0 Å². The van der Waals surface area contributed by atoms with E-state index in [9.17, 15) is 8.78 Å². The van der Waals surface area contributed by atoms with E-state index in [2.05, 4.69) is 10.2 Å². The molecule has 2 aromatic carbocycles. The lowest BCUT2D eigenvalue weighted by atomic mass is 10.2. The van der Waals surface area contributed by atoms with Crippen molar-refractivity contribution in [3.63, 3.8) is 0 Å². The highest BCUT2D eigenvalue weighted by atomic mass is 32.1. The van der Waals surface area contributed by atoms with Crippen molar-refractivity contribution < 1.29 is 8.78 Å². The molecule has 6 heteroatoms. The van der Waals surface area contributed by atoms with Crippen LogP contribution in [0.5, 0.6) is 0 Å². The minimum absolute atomic E-state index is 0.0302. The van der Waals surface area contributed by atoms with E-state index < -0.39 is 11.6 Å². The van der Waals surface area contributed by atoms with Crippen molar-refractivity contribution in [3.05, 3.63) is 64.9 Å². The predicted molar refractivity (Wildman–Crippen MR) is 74.1 cm³/mol. The maximum absolute atomic E-state index is 14.0. The standard InChI is InChI=1S/C14H9F2N3S/c15-10-7-4-8-11(12(10)16)19-13(17-18-14(19)20)9-5-2-1-3-6-9/h1-8H,(H,18,20). The molecule has 1 heterocycles. The van der Waals surface area contributed by atoms with Crippen LogP contribution in [-0.2, 0) is 0 Å². The fraction of sp³-hybridized carbons (Fsp3) is 0. The molecule has 1 aromatic heterocycles. The summed E-state index contributed by atoms with van der Waals surface area (Å²) >= 11 is 5.11. The highest BCUT2D eigenvalue weighted by molar-refractivity contribution is 7.71. The Morgan fingerprint density at radius 1 is 1.00 bits per heavy atom. The van der Waals surface area contributed by atoms with Gasteiger partial charge in [-0.1, -0.05) is 36.4 Å². The molecule has 20 heavy (non-hydrogen) atoms. The first-order chi connectivity index (χ1) is 9.68. The Morgan fingerprint density at radius 3 is 2.50 bits per heavy atom. The van der Waals surface area contributed by atoms with Crippen LogP contribution < -0.4 is 0 Å². The second-order valence-electron chi connectivity index (χ2n) is 4.13. The first kappa shape index (κ1) is 12.7. The molecular formula is C14H9F2N3S. The molecule has 3 rings (SSSR count). The summed E-state index contributed by atoms with van der Waals surface area (Å²) in [6.45, 7) is 0. The van der Waals surface area contributed by atoms with Crippen molar-refractivity contribution >= 4 is 12.2 Å². The highest BCUT2D eigenvalue weighted by Gasteiger charge is 2.15. The lowest BCUT2D eigenvalue weighted by Crippen LogP contribution is -2.02. The molecule has 0 radical (unpaired) electrons. The summed E-state index contributed by atoms with van der Waals surface area (Å²) in [5.41, 5.74) is 0.783. The van der Waals surface area contributed by atoms with E-state index in [4.69, 9.17) is 12.2 Å². The van der Waals surface area contributed by atoms with Crippen molar-refractivity contribution in [2.45, 2.75) is 0 Å². The molecule has 3 aromatic rings. The number of hydrogen-bond donors (Lipinski definition) is 1. The molecule has 0 aliphatic heterocycles. The molecule has 0 fully saturated rings. The average Bonchev–Trinajstić information content (AvgIpc) is 2.85. The van der Waals surface area contributed by atoms with Crippen molar-refractivity contribution in [2.75, 3.05) is 0 Å². The van der Waals surface area contributed by atoms with Gasteiger partial charge >= 0.3 is 0 Å².